The molecule has 0 aliphatic carbocycles. The summed E-state index contributed by atoms with van der Waals surface area (Å²) in [5.41, 5.74) is 0.319. The minimum Gasteiger partial charge on any atom is -0.387 e. The average molecular weight is 211 g/mol. The molecule has 0 bridgehead atoms. The number of nitrogens with one attached hydrogen (secondary N) is 2. The second-order valence-electron chi connectivity index (χ2n) is 2.65. The van der Waals surface area contributed by atoms with Crippen LogP contribution in [-0.2, 0) is 9.53 Å². The second kappa shape index (κ2) is 8.96. The highest BCUT2D eigenvalue weighted by molar-refractivity contribution is 6.11. The maximum Gasteiger partial charge on any atom is 0.251 e. The number of hydrogen-bond acceptors (Lipinski definition) is 4. The molecule has 0 aromatic heterocycles. The molecule has 0 radical (unpaired) electrons. The van der Waals surface area contributed by atoms with Crippen molar-refractivity contribution < 1.29 is 9.53 Å². The van der Waals surface area contributed by atoms with Crippen molar-refractivity contribution >= 4 is 12.1 Å². The molecule has 0 saturated heterocycles. The van der Waals surface area contributed by atoms with Crippen molar-refractivity contribution in [3.63, 3.8) is 0 Å². The number of amides is 1. The number of ether oxygens (including phenoxy) is 1. The first kappa shape index (κ1) is 13.4. The zero-order chi connectivity index (χ0) is 11.5. The zero-order valence-corrected chi connectivity index (χ0v) is 9.12. The Morgan fingerprint density at radius 1 is 1.60 bits per heavy atom. The van der Waals surface area contributed by atoms with E-state index in [0.717, 1.165) is 6.54 Å². The van der Waals surface area contributed by atoms with Crippen LogP contribution in [0.15, 0.2) is 29.5 Å². The lowest BCUT2D eigenvalue weighted by atomic mass is 10.3. The van der Waals surface area contributed by atoms with Crippen LogP contribution in [0.3, 0.4) is 0 Å². The second-order valence-corrected chi connectivity index (χ2v) is 2.65. The molecular formula is C10H17N3O2. The molecule has 0 aromatic carbocycles. The van der Waals surface area contributed by atoms with Gasteiger partial charge in [-0.25, -0.2) is 0 Å². The fourth-order valence-corrected chi connectivity index (χ4v) is 0.692. The monoisotopic (exact) mass is 211 g/mol. The van der Waals surface area contributed by atoms with Gasteiger partial charge in [-0.2, -0.15) is 0 Å². The highest BCUT2D eigenvalue weighted by atomic mass is 16.5. The van der Waals surface area contributed by atoms with Crippen LogP contribution in [0.5, 0.6) is 0 Å². The summed E-state index contributed by atoms with van der Waals surface area (Å²) < 4.78 is 4.83. The Balaban J connectivity index is 3.69. The van der Waals surface area contributed by atoms with Crippen molar-refractivity contribution in [2.24, 2.45) is 4.99 Å². The molecule has 0 saturated carbocycles. The lowest BCUT2D eigenvalue weighted by Crippen LogP contribution is -2.19. The Labute approximate surface area is 89.9 Å². The molecule has 84 valence electrons. The number of rotatable bonds is 7. The fourth-order valence-electron chi connectivity index (χ4n) is 0.692. The quantitative estimate of drug-likeness (QED) is 0.356. The first-order valence-corrected chi connectivity index (χ1v) is 4.54. The molecule has 1 amide bonds. The van der Waals surface area contributed by atoms with E-state index in [1.54, 1.807) is 26.6 Å². The molecule has 0 fully saturated rings. The van der Waals surface area contributed by atoms with Gasteiger partial charge in [0.15, 0.2) is 0 Å². The Morgan fingerprint density at radius 2 is 2.33 bits per heavy atom. The molecule has 0 spiro atoms. The molecule has 0 atom stereocenters. The van der Waals surface area contributed by atoms with Gasteiger partial charge in [0, 0.05) is 39.3 Å². The van der Waals surface area contributed by atoms with Crippen LogP contribution in [0.1, 0.15) is 0 Å². The first-order chi connectivity index (χ1) is 7.22. The van der Waals surface area contributed by atoms with E-state index in [-0.39, 0.29) is 5.91 Å². The number of likely N-dealkylation sites (N-methyl/N-ethyl adjacent to an activating group) is 1. The molecule has 0 aromatic rings. The van der Waals surface area contributed by atoms with Gasteiger partial charge in [0.1, 0.15) is 0 Å². The molecule has 0 aliphatic heterocycles. The number of methoxy groups -OCH3 is 1. The van der Waals surface area contributed by atoms with Gasteiger partial charge in [0.2, 0.25) is 0 Å². The third kappa shape index (κ3) is 7.45. The highest BCUT2D eigenvalue weighted by Crippen LogP contribution is 1.84. The van der Waals surface area contributed by atoms with Gasteiger partial charge in [-0.05, 0) is 0 Å². The molecule has 5 heteroatoms. The van der Waals surface area contributed by atoms with Crippen molar-refractivity contribution in [2.45, 2.75) is 0 Å². The van der Waals surface area contributed by atoms with E-state index in [1.165, 1.54) is 6.21 Å². The first-order valence-electron chi connectivity index (χ1n) is 4.54. The van der Waals surface area contributed by atoms with Crippen molar-refractivity contribution in [3.05, 3.63) is 24.6 Å². The summed E-state index contributed by atoms with van der Waals surface area (Å²) >= 11 is 0. The van der Waals surface area contributed by atoms with Crippen LogP contribution in [-0.4, -0.2) is 39.4 Å². The molecule has 5 nitrogen and oxygen atoms in total. The van der Waals surface area contributed by atoms with E-state index in [1.807, 2.05) is 0 Å². The summed E-state index contributed by atoms with van der Waals surface area (Å²) in [6, 6.07) is 0. The van der Waals surface area contributed by atoms with Gasteiger partial charge >= 0.3 is 0 Å². The molecule has 0 unspecified atom stereocenters. The summed E-state index contributed by atoms with van der Waals surface area (Å²) in [5, 5.41) is 5.40. The Morgan fingerprint density at radius 3 is 2.93 bits per heavy atom. The lowest BCUT2D eigenvalue weighted by Gasteiger charge is -1.97. The van der Waals surface area contributed by atoms with Crippen molar-refractivity contribution in [2.75, 3.05) is 27.3 Å². The maximum atomic E-state index is 11.0. The molecule has 15 heavy (non-hydrogen) atoms. The summed E-state index contributed by atoms with van der Waals surface area (Å²) in [6.07, 6.45) is 4.61. The van der Waals surface area contributed by atoms with E-state index in [9.17, 15) is 4.79 Å². The number of carbonyl (C=O) groups is 1. The predicted octanol–water partition coefficient (Wildman–Crippen LogP) is 0.0666. The fraction of sp³-hybridized carbons (Fsp3) is 0.400. The van der Waals surface area contributed by atoms with Crippen LogP contribution >= 0.6 is 0 Å². The van der Waals surface area contributed by atoms with Gasteiger partial charge in [0.05, 0.1) is 12.2 Å². The maximum absolute atomic E-state index is 11.0. The lowest BCUT2D eigenvalue weighted by molar-refractivity contribution is -0.116. The van der Waals surface area contributed by atoms with Gasteiger partial charge in [-0.15, -0.1) is 0 Å². The summed E-state index contributed by atoms with van der Waals surface area (Å²) in [5.74, 6) is -0.237. The standard InChI is InChI=1S/C10H17N3O2/c1-9(10(14)11-2)8-13-5-4-12-6-7-15-3/h4-5,8,12H,1,6-7H2,2-3H3,(H,11,14)/b5-4+,13-8?. The topological polar surface area (TPSA) is 62.7 Å². The van der Waals surface area contributed by atoms with Gasteiger partial charge in [0.25, 0.3) is 5.91 Å². The Hall–Kier alpha value is -1.62. The van der Waals surface area contributed by atoms with E-state index in [4.69, 9.17) is 4.74 Å². The molecule has 0 aliphatic rings. The van der Waals surface area contributed by atoms with Crippen LogP contribution < -0.4 is 10.6 Å². The van der Waals surface area contributed by atoms with Gasteiger partial charge < -0.3 is 15.4 Å². The normalized spacial score (nSPS) is 10.8. The minimum atomic E-state index is -0.237. The van der Waals surface area contributed by atoms with E-state index in [0.29, 0.717) is 12.2 Å². The number of carbonyl (C=O) groups excluding carboxylic acids is 1. The zero-order valence-electron chi connectivity index (χ0n) is 9.12. The van der Waals surface area contributed by atoms with E-state index in [2.05, 4.69) is 22.2 Å². The number of nitrogens with zero attached hydrogens (tertiary/aromatic N) is 1. The van der Waals surface area contributed by atoms with Crippen molar-refractivity contribution in [3.8, 4) is 0 Å². The summed E-state index contributed by atoms with van der Waals surface area (Å²) in [7, 11) is 3.18. The van der Waals surface area contributed by atoms with Crippen LogP contribution in [0.2, 0.25) is 0 Å². The highest BCUT2D eigenvalue weighted by Gasteiger charge is 1.98. The summed E-state index contributed by atoms with van der Waals surface area (Å²) in [6.45, 7) is 4.90. The van der Waals surface area contributed by atoms with Crippen LogP contribution in [0, 0.1) is 0 Å². The third-order valence-corrected chi connectivity index (χ3v) is 1.48. The Kier molecular flexibility index (Phi) is 7.99. The van der Waals surface area contributed by atoms with Gasteiger partial charge in [-0.3, -0.25) is 9.79 Å². The van der Waals surface area contributed by atoms with E-state index < -0.39 is 0 Å². The smallest absolute Gasteiger partial charge is 0.251 e. The number of aliphatic imine (C=N–C) groups is 1. The third-order valence-electron chi connectivity index (χ3n) is 1.48. The van der Waals surface area contributed by atoms with Crippen molar-refractivity contribution in [1.29, 1.82) is 0 Å². The Bertz CT molecular complexity index is 259. The van der Waals surface area contributed by atoms with Crippen molar-refractivity contribution in [1.82, 2.24) is 10.6 Å². The van der Waals surface area contributed by atoms with Gasteiger partial charge in [-0.1, -0.05) is 6.58 Å². The number of hydrogen-bond donors (Lipinski definition) is 2. The average Bonchev–Trinajstić information content (AvgIpc) is 2.26. The molecule has 2 N–H and O–H groups in total. The van der Waals surface area contributed by atoms with Crippen LogP contribution in [0.25, 0.3) is 0 Å². The van der Waals surface area contributed by atoms with E-state index >= 15 is 0 Å². The summed E-state index contributed by atoms with van der Waals surface area (Å²) in [4.78, 5) is 14.8. The SMILES string of the molecule is C=C(C=N/C=C/NCCOC)C(=O)NC. The largest absolute Gasteiger partial charge is 0.387 e. The van der Waals surface area contributed by atoms with Crippen LogP contribution in [0.4, 0.5) is 0 Å². The minimum absolute atomic E-state index is 0.237. The molecule has 0 rings (SSSR count). The molecular weight excluding hydrogens is 194 g/mol. The molecule has 0 heterocycles. The predicted molar refractivity (Wildman–Crippen MR) is 60.7 cm³/mol.